The smallest absolute Gasteiger partial charge is 0.257 e. The number of nitrogens with two attached hydrogens (primary N) is 1. The molecule has 0 aromatic heterocycles. The molecule has 0 aliphatic carbocycles. The highest BCUT2D eigenvalue weighted by Crippen LogP contribution is 2.26. The van der Waals surface area contributed by atoms with E-state index in [9.17, 15) is 22.8 Å². The summed E-state index contributed by atoms with van der Waals surface area (Å²) in [5.41, 5.74) is 6.11. The van der Waals surface area contributed by atoms with Gasteiger partial charge in [-0.15, -0.1) is 0 Å². The molecule has 11 heteroatoms. The number of nitrogens with zero attached hydrogens (tertiary/aromatic N) is 1. The van der Waals surface area contributed by atoms with Crippen LogP contribution in [0.15, 0.2) is 35.3 Å². The van der Waals surface area contributed by atoms with E-state index in [1.165, 1.54) is 18.2 Å². The second kappa shape index (κ2) is 12.6. The minimum absolute atomic E-state index is 0.0215. The first-order valence-electron chi connectivity index (χ1n) is 9.51. The summed E-state index contributed by atoms with van der Waals surface area (Å²) >= 11 is 5.51. The van der Waals surface area contributed by atoms with Crippen LogP contribution in [-0.2, 0) is 16.0 Å². The highest BCUT2D eigenvalue weighted by molar-refractivity contribution is 6.30. The molecule has 2 aromatic carbocycles. The molecule has 0 bridgehead atoms. The number of amides is 2. The van der Waals surface area contributed by atoms with Crippen molar-refractivity contribution in [3.8, 4) is 11.5 Å². The Kier molecular flexibility index (Phi) is 9.80. The van der Waals surface area contributed by atoms with E-state index in [4.69, 9.17) is 26.8 Å². The average molecular weight is 472 g/mol. The van der Waals surface area contributed by atoms with Gasteiger partial charge in [-0.25, -0.2) is 18.2 Å². The fourth-order valence-electron chi connectivity index (χ4n) is 2.57. The maximum atomic E-state index is 13.1. The van der Waals surface area contributed by atoms with Crippen LogP contribution in [0.3, 0.4) is 0 Å². The summed E-state index contributed by atoms with van der Waals surface area (Å²) in [5.74, 6) is -1.85. The number of fused-ring (bicyclic) bond motifs is 1. The summed E-state index contributed by atoms with van der Waals surface area (Å²) in [6.07, 6.45) is 2.22. The first-order chi connectivity index (χ1) is 15.3. The van der Waals surface area contributed by atoms with E-state index in [0.29, 0.717) is 18.8 Å². The lowest BCUT2D eigenvalue weighted by Crippen LogP contribution is -2.31. The van der Waals surface area contributed by atoms with Gasteiger partial charge in [0.25, 0.3) is 5.91 Å². The fourth-order valence-corrected chi connectivity index (χ4v) is 2.69. The third-order valence-electron chi connectivity index (χ3n) is 4.13. The zero-order valence-corrected chi connectivity index (χ0v) is 17.6. The van der Waals surface area contributed by atoms with Crippen LogP contribution >= 0.6 is 11.6 Å². The molecule has 0 fully saturated rings. The van der Waals surface area contributed by atoms with Crippen molar-refractivity contribution < 1.29 is 32.2 Å². The van der Waals surface area contributed by atoms with Gasteiger partial charge in [-0.2, -0.15) is 0 Å². The zero-order chi connectivity index (χ0) is 23.5. The van der Waals surface area contributed by atoms with E-state index in [1.54, 1.807) is 0 Å². The number of aryl methyl sites for hydroxylation is 1. The molecule has 32 heavy (non-hydrogen) atoms. The monoisotopic (exact) mass is 471 g/mol. The number of rotatable bonds is 7. The first kappa shape index (κ1) is 25.0. The summed E-state index contributed by atoms with van der Waals surface area (Å²) in [7, 11) is 0. The molecule has 3 N–H and O–H groups in total. The number of benzene rings is 2. The molecule has 1 heterocycles. The van der Waals surface area contributed by atoms with Crippen LogP contribution in [0.25, 0.3) is 0 Å². The molecule has 0 radical (unpaired) electrons. The van der Waals surface area contributed by atoms with Gasteiger partial charge < -0.3 is 20.5 Å². The number of nitrogens with one attached hydrogen (secondary N) is 1. The summed E-state index contributed by atoms with van der Waals surface area (Å²) < 4.78 is 48.7. The Hall–Kier alpha value is -3.27. The standard InChI is InChI=1S/C12H13ClFN3O3.C9H8F2O/c13-9-2-1-8(5-10(9)14)20-6-12(19)16-4-3-11(15)17-7-18;10-7-4-6-2-1-3-12-9(6)5-8(7)11/h1-2,5,7H,3-4,6H2,(H,16,19)(H2,15,17,18);4-5H,1-3H2. The third kappa shape index (κ3) is 8.10. The molecule has 0 unspecified atom stereocenters. The van der Waals surface area contributed by atoms with Gasteiger partial charge in [0.15, 0.2) is 18.2 Å². The summed E-state index contributed by atoms with van der Waals surface area (Å²) in [4.78, 5) is 24.7. The molecular formula is C21H21ClF3N3O4. The molecule has 3 rings (SSSR count). The van der Waals surface area contributed by atoms with Gasteiger partial charge in [0, 0.05) is 25.1 Å². The quantitative estimate of drug-likeness (QED) is 0.367. The largest absolute Gasteiger partial charge is 0.493 e. The number of ether oxygens (including phenoxy) is 2. The zero-order valence-electron chi connectivity index (χ0n) is 16.9. The van der Waals surface area contributed by atoms with Crippen molar-refractivity contribution in [3.05, 3.63) is 58.4 Å². The summed E-state index contributed by atoms with van der Waals surface area (Å²) in [6, 6.07) is 6.20. The molecule has 1 aliphatic rings. The number of hydrogen-bond acceptors (Lipinski definition) is 4. The molecule has 172 valence electrons. The molecular weight excluding hydrogens is 451 g/mol. The van der Waals surface area contributed by atoms with E-state index in [0.717, 1.165) is 30.5 Å². The normalized spacial score (nSPS) is 12.6. The third-order valence-corrected chi connectivity index (χ3v) is 4.44. The van der Waals surface area contributed by atoms with Crippen LogP contribution in [0.1, 0.15) is 18.4 Å². The van der Waals surface area contributed by atoms with Crippen LogP contribution in [0.2, 0.25) is 5.02 Å². The lowest BCUT2D eigenvalue weighted by atomic mass is 10.1. The van der Waals surface area contributed by atoms with Gasteiger partial charge in [-0.05, 0) is 36.6 Å². The molecule has 0 spiro atoms. The van der Waals surface area contributed by atoms with Crippen molar-refractivity contribution in [1.29, 1.82) is 0 Å². The van der Waals surface area contributed by atoms with Crippen molar-refractivity contribution in [2.45, 2.75) is 19.3 Å². The van der Waals surface area contributed by atoms with E-state index in [1.807, 2.05) is 0 Å². The number of aliphatic imine (C=N–C) groups is 1. The Morgan fingerprint density at radius 3 is 2.69 bits per heavy atom. The lowest BCUT2D eigenvalue weighted by molar-refractivity contribution is -0.123. The maximum absolute atomic E-state index is 13.1. The molecule has 7 nitrogen and oxygen atoms in total. The Balaban J connectivity index is 0.000000255. The Morgan fingerprint density at radius 1 is 1.22 bits per heavy atom. The molecule has 0 atom stereocenters. The predicted molar refractivity (Wildman–Crippen MR) is 112 cm³/mol. The molecule has 1 aliphatic heterocycles. The topological polar surface area (TPSA) is 103 Å². The van der Waals surface area contributed by atoms with Gasteiger partial charge >= 0.3 is 0 Å². The Bertz CT molecular complexity index is 958. The van der Waals surface area contributed by atoms with Crippen LogP contribution in [0.4, 0.5) is 13.2 Å². The van der Waals surface area contributed by atoms with E-state index in [-0.39, 0.29) is 36.2 Å². The highest BCUT2D eigenvalue weighted by Gasteiger charge is 2.14. The minimum Gasteiger partial charge on any atom is -0.493 e. The van der Waals surface area contributed by atoms with Crippen molar-refractivity contribution in [2.75, 3.05) is 19.8 Å². The van der Waals surface area contributed by atoms with Crippen molar-refractivity contribution >= 4 is 29.8 Å². The Morgan fingerprint density at radius 2 is 1.97 bits per heavy atom. The molecule has 2 amide bonds. The van der Waals surface area contributed by atoms with Crippen LogP contribution < -0.4 is 20.5 Å². The van der Waals surface area contributed by atoms with Crippen molar-refractivity contribution in [3.63, 3.8) is 0 Å². The Labute approximate surface area is 187 Å². The van der Waals surface area contributed by atoms with Crippen LogP contribution in [-0.4, -0.2) is 37.9 Å². The van der Waals surface area contributed by atoms with Gasteiger partial charge in [-0.3, -0.25) is 9.59 Å². The van der Waals surface area contributed by atoms with Crippen LogP contribution in [0, 0.1) is 17.5 Å². The first-order valence-corrected chi connectivity index (χ1v) is 9.89. The van der Waals surface area contributed by atoms with Gasteiger partial charge in [0.2, 0.25) is 6.41 Å². The van der Waals surface area contributed by atoms with Crippen molar-refractivity contribution in [1.82, 2.24) is 5.32 Å². The SMILES string of the molecule is Fc1cc2c(cc1F)OCCC2.NC(CCNC(=O)COc1ccc(Cl)c(F)c1)=NC=O. The summed E-state index contributed by atoms with van der Waals surface area (Å²) in [6.45, 7) is 0.546. The van der Waals surface area contributed by atoms with E-state index < -0.39 is 23.4 Å². The molecule has 2 aromatic rings. The van der Waals surface area contributed by atoms with E-state index in [2.05, 4.69) is 10.3 Å². The fraction of sp³-hybridized carbons (Fsp3) is 0.286. The van der Waals surface area contributed by atoms with Gasteiger partial charge in [0.05, 0.1) is 11.6 Å². The minimum atomic E-state index is -0.837. The number of carbonyl (C=O) groups is 2. The summed E-state index contributed by atoms with van der Waals surface area (Å²) in [5, 5.41) is 2.49. The highest BCUT2D eigenvalue weighted by atomic mass is 35.5. The molecule has 0 saturated heterocycles. The number of carbonyl (C=O) groups excluding carboxylic acids is 2. The average Bonchev–Trinajstić information content (AvgIpc) is 2.76. The maximum Gasteiger partial charge on any atom is 0.257 e. The number of halogens is 4. The van der Waals surface area contributed by atoms with Gasteiger partial charge in [-0.1, -0.05) is 11.6 Å². The van der Waals surface area contributed by atoms with E-state index >= 15 is 0 Å². The predicted octanol–water partition coefficient (Wildman–Crippen LogP) is 3.17. The number of amidine groups is 1. The second-order valence-corrected chi connectivity index (χ2v) is 6.92. The van der Waals surface area contributed by atoms with Gasteiger partial charge in [0.1, 0.15) is 23.2 Å². The van der Waals surface area contributed by atoms with Crippen LogP contribution in [0.5, 0.6) is 11.5 Å². The second-order valence-electron chi connectivity index (χ2n) is 6.52. The van der Waals surface area contributed by atoms with Crippen molar-refractivity contribution in [2.24, 2.45) is 10.7 Å². The lowest BCUT2D eigenvalue weighted by Gasteiger charge is -2.16. The molecule has 0 saturated carbocycles. The number of hydrogen-bond donors (Lipinski definition) is 2.